The zero-order chi connectivity index (χ0) is 14.0. The van der Waals surface area contributed by atoms with Crippen LogP contribution in [0.3, 0.4) is 0 Å². The largest absolute Gasteiger partial charge is 0.417 e. The maximum atomic E-state index is 12.6. The number of halogens is 4. The smallest absolute Gasteiger partial charge is 0.350 e. The highest BCUT2D eigenvalue weighted by Gasteiger charge is 2.32. The molecule has 1 aliphatic rings. The first-order valence-electron chi connectivity index (χ1n) is 5.58. The molecule has 0 aliphatic carbocycles. The molecule has 106 valence electrons. The number of pyridine rings is 1. The van der Waals surface area contributed by atoms with Gasteiger partial charge in [0.2, 0.25) is 0 Å². The van der Waals surface area contributed by atoms with Crippen molar-refractivity contribution in [2.24, 2.45) is 0 Å². The maximum absolute atomic E-state index is 12.6. The van der Waals surface area contributed by atoms with Crippen LogP contribution in [0.15, 0.2) is 17.1 Å². The molecule has 1 aliphatic heterocycles. The average molecular weight is 298 g/mol. The van der Waals surface area contributed by atoms with E-state index in [1.165, 1.54) is 0 Å². The SMILES string of the molecule is O=c1c(Cl)cc(C(F)(F)F)cn1CCC1OCCO1. The van der Waals surface area contributed by atoms with Crippen molar-refractivity contribution in [3.63, 3.8) is 0 Å². The molecule has 2 rings (SSSR count). The molecule has 0 N–H and O–H groups in total. The van der Waals surface area contributed by atoms with Crippen LogP contribution < -0.4 is 5.56 Å². The number of rotatable bonds is 3. The Labute approximate surface area is 111 Å². The number of hydrogen-bond donors (Lipinski definition) is 0. The number of aromatic nitrogens is 1. The summed E-state index contributed by atoms with van der Waals surface area (Å²) in [5.74, 6) is 0. The molecular formula is C11H11ClF3NO3. The van der Waals surface area contributed by atoms with E-state index in [0.717, 1.165) is 10.8 Å². The summed E-state index contributed by atoms with van der Waals surface area (Å²) >= 11 is 5.52. The lowest BCUT2D eigenvalue weighted by Crippen LogP contribution is -2.25. The third-order valence-corrected chi connectivity index (χ3v) is 2.94. The fraction of sp³-hybridized carbons (Fsp3) is 0.545. The number of aryl methyl sites for hydroxylation is 1. The number of alkyl halides is 3. The van der Waals surface area contributed by atoms with E-state index >= 15 is 0 Å². The molecule has 1 fully saturated rings. The minimum atomic E-state index is -4.54. The highest BCUT2D eigenvalue weighted by Crippen LogP contribution is 2.29. The predicted octanol–water partition coefficient (Wildman–Crippen LogP) is 2.28. The van der Waals surface area contributed by atoms with Crippen molar-refractivity contribution in [3.8, 4) is 0 Å². The molecule has 0 radical (unpaired) electrons. The Morgan fingerprint density at radius 3 is 2.58 bits per heavy atom. The Morgan fingerprint density at radius 1 is 1.37 bits per heavy atom. The first kappa shape index (κ1) is 14.4. The number of ether oxygens (including phenoxy) is 2. The van der Waals surface area contributed by atoms with Crippen LogP contribution in [-0.4, -0.2) is 24.1 Å². The summed E-state index contributed by atoms with van der Waals surface area (Å²) in [5.41, 5.74) is -1.61. The van der Waals surface area contributed by atoms with Crippen LogP contribution in [0.1, 0.15) is 12.0 Å². The number of nitrogens with zero attached hydrogens (tertiary/aromatic N) is 1. The normalized spacial score (nSPS) is 17.1. The Kier molecular flexibility index (Phi) is 4.17. The quantitative estimate of drug-likeness (QED) is 0.859. The summed E-state index contributed by atoms with van der Waals surface area (Å²) in [7, 11) is 0. The van der Waals surface area contributed by atoms with Crippen molar-refractivity contribution >= 4 is 11.6 Å². The molecule has 0 atom stereocenters. The van der Waals surface area contributed by atoms with E-state index in [2.05, 4.69) is 0 Å². The van der Waals surface area contributed by atoms with Gasteiger partial charge in [-0.1, -0.05) is 11.6 Å². The molecule has 0 saturated carbocycles. The van der Waals surface area contributed by atoms with Crippen LogP contribution in [0.2, 0.25) is 5.02 Å². The van der Waals surface area contributed by atoms with E-state index in [9.17, 15) is 18.0 Å². The second-order valence-corrected chi connectivity index (χ2v) is 4.44. The zero-order valence-corrected chi connectivity index (χ0v) is 10.5. The molecule has 2 heterocycles. The van der Waals surface area contributed by atoms with Crippen molar-refractivity contribution in [2.75, 3.05) is 13.2 Å². The summed E-state index contributed by atoms with van der Waals surface area (Å²) in [6, 6.07) is 0.628. The van der Waals surface area contributed by atoms with Gasteiger partial charge in [0.25, 0.3) is 5.56 Å². The Morgan fingerprint density at radius 2 is 2.00 bits per heavy atom. The van der Waals surface area contributed by atoms with Crippen molar-refractivity contribution in [1.29, 1.82) is 0 Å². The van der Waals surface area contributed by atoms with Gasteiger partial charge in [-0.05, 0) is 6.07 Å². The van der Waals surface area contributed by atoms with Gasteiger partial charge in [0.05, 0.1) is 18.8 Å². The van der Waals surface area contributed by atoms with Crippen LogP contribution in [0, 0.1) is 0 Å². The van der Waals surface area contributed by atoms with Gasteiger partial charge in [-0.3, -0.25) is 4.79 Å². The topological polar surface area (TPSA) is 40.5 Å². The molecule has 0 bridgehead atoms. The lowest BCUT2D eigenvalue weighted by Gasteiger charge is -2.13. The molecule has 8 heteroatoms. The molecule has 0 aromatic carbocycles. The molecule has 1 aromatic heterocycles. The van der Waals surface area contributed by atoms with Gasteiger partial charge >= 0.3 is 6.18 Å². The Bertz CT molecular complexity index is 509. The lowest BCUT2D eigenvalue weighted by molar-refractivity contribution is -0.138. The second-order valence-electron chi connectivity index (χ2n) is 4.03. The predicted molar refractivity (Wildman–Crippen MR) is 61.0 cm³/mol. The van der Waals surface area contributed by atoms with Crippen LogP contribution in [0.25, 0.3) is 0 Å². The van der Waals surface area contributed by atoms with Gasteiger partial charge < -0.3 is 14.0 Å². The minimum absolute atomic E-state index is 0.0488. The fourth-order valence-electron chi connectivity index (χ4n) is 1.74. The van der Waals surface area contributed by atoms with E-state index in [4.69, 9.17) is 21.1 Å². The van der Waals surface area contributed by atoms with Crippen molar-refractivity contribution < 1.29 is 22.6 Å². The summed E-state index contributed by atoms with van der Waals surface area (Å²) < 4.78 is 49.0. The first-order chi connectivity index (χ1) is 8.88. The molecule has 1 aromatic rings. The molecule has 0 spiro atoms. The monoisotopic (exact) mass is 297 g/mol. The summed E-state index contributed by atoms with van der Waals surface area (Å²) in [6.07, 6.45) is -3.99. The lowest BCUT2D eigenvalue weighted by atomic mass is 10.2. The molecule has 19 heavy (non-hydrogen) atoms. The van der Waals surface area contributed by atoms with Crippen molar-refractivity contribution in [1.82, 2.24) is 4.57 Å². The van der Waals surface area contributed by atoms with Gasteiger partial charge in [-0.25, -0.2) is 0 Å². The highest BCUT2D eigenvalue weighted by atomic mass is 35.5. The Balaban J connectivity index is 2.18. The standard InChI is InChI=1S/C11H11ClF3NO3/c12-8-5-7(11(13,14)15)6-16(10(8)17)2-1-9-18-3-4-19-9/h5-6,9H,1-4H2. The van der Waals surface area contributed by atoms with Crippen LogP contribution in [0.4, 0.5) is 13.2 Å². The maximum Gasteiger partial charge on any atom is 0.417 e. The minimum Gasteiger partial charge on any atom is -0.350 e. The second kappa shape index (κ2) is 5.52. The van der Waals surface area contributed by atoms with Gasteiger partial charge in [0.1, 0.15) is 5.02 Å². The van der Waals surface area contributed by atoms with E-state index in [0.29, 0.717) is 19.3 Å². The average Bonchev–Trinajstić information content (AvgIpc) is 2.82. The van der Waals surface area contributed by atoms with Crippen LogP contribution >= 0.6 is 11.6 Å². The summed E-state index contributed by atoms with van der Waals surface area (Å²) in [6.45, 7) is 0.943. The van der Waals surface area contributed by atoms with Gasteiger partial charge in [0.15, 0.2) is 6.29 Å². The van der Waals surface area contributed by atoms with Gasteiger partial charge in [-0.15, -0.1) is 0 Å². The molecule has 0 unspecified atom stereocenters. The molecule has 1 saturated heterocycles. The van der Waals surface area contributed by atoms with Crippen molar-refractivity contribution in [2.45, 2.75) is 25.4 Å². The zero-order valence-electron chi connectivity index (χ0n) is 9.74. The highest BCUT2D eigenvalue weighted by molar-refractivity contribution is 6.30. The van der Waals surface area contributed by atoms with Crippen LogP contribution in [-0.2, 0) is 22.2 Å². The summed E-state index contributed by atoms with van der Waals surface area (Å²) in [5, 5.41) is -0.455. The van der Waals surface area contributed by atoms with Gasteiger partial charge in [-0.2, -0.15) is 13.2 Å². The van der Waals surface area contributed by atoms with E-state index < -0.39 is 28.6 Å². The molecular weight excluding hydrogens is 287 g/mol. The van der Waals surface area contributed by atoms with Crippen LogP contribution in [0.5, 0.6) is 0 Å². The molecule has 0 amide bonds. The first-order valence-corrected chi connectivity index (χ1v) is 5.96. The van der Waals surface area contributed by atoms with E-state index in [1.54, 1.807) is 0 Å². The molecule has 4 nitrogen and oxygen atoms in total. The van der Waals surface area contributed by atoms with E-state index in [1.807, 2.05) is 0 Å². The fourth-order valence-corrected chi connectivity index (χ4v) is 1.96. The number of hydrogen-bond acceptors (Lipinski definition) is 3. The third-order valence-electron chi connectivity index (χ3n) is 2.67. The van der Waals surface area contributed by atoms with E-state index in [-0.39, 0.29) is 13.0 Å². The third kappa shape index (κ3) is 3.49. The van der Waals surface area contributed by atoms with Gasteiger partial charge in [0, 0.05) is 19.2 Å². The Hall–Kier alpha value is -1.05. The van der Waals surface area contributed by atoms with Crippen molar-refractivity contribution in [3.05, 3.63) is 33.2 Å². The summed E-state index contributed by atoms with van der Waals surface area (Å²) in [4.78, 5) is 11.6.